The van der Waals surface area contributed by atoms with E-state index < -0.39 is 0 Å². The Balaban J connectivity index is 1.26. The summed E-state index contributed by atoms with van der Waals surface area (Å²) in [5.74, 6) is 0. The number of hydrogen-bond donors (Lipinski definition) is 0. The highest BCUT2D eigenvalue weighted by Crippen LogP contribution is 2.43. The maximum atomic E-state index is 6.87. The lowest BCUT2D eigenvalue weighted by Gasteiger charge is -2.12. The SMILES string of the molecule is c1ccc(-c2ccc3c4ccccc4n(-c4cccc5c4oc4cccc(-c6cc(-c7ccccc7)nc7ccccc67)c45)c3c2)cc1. The summed E-state index contributed by atoms with van der Waals surface area (Å²) >= 11 is 0. The van der Waals surface area contributed by atoms with Crippen LogP contribution in [0.5, 0.6) is 0 Å². The van der Waals surface area contributed by atoms with Gasteiger partial charge >= 0.3 is 0 Å². The maximum Gasteiger partial charge on any atom is 0.159 e. The fraction of sp³-hybridized carbons (Fsp3) is 0. The molecule has 0 unspecified atom stereocenters. The van der Waals surface area contributed by atoms with Gasteiger partial charge < -0.3 is 8.98 Å². The molecule has 10 aromatic rings. The van der Waals surface area contributed by atoms with Crippen molar-refractivity contribution in [1.82, 2.24) is 9.55 Å². The van der Waals surface area contributed by atoms with Crippen molar-refractivity contribution in [3.05, 3.63) is 170 Å². The molecule has 0 spiro atoms. The van der Waals surface area contributed by atoms with Gasteiger partial charge in [-0.2, -0.15) is 0 Å². The standard InChI is InChI=1S/C45H28N2O/c1-3-13-29(14-4-1)31-25-26-34-33-18-8-10-22-40(33)47(42(34)27-31)41-23-11-20-36-44-35(19-12-24-43(44)48-45(36)41)37-28-39(30-15-5-2-6-16-30)46-38-21-9-7-17-32(37)38/h1-28H. The van der Waals surface area contributed by atoms with Crippen LogP contribution in [0.4, 0.5) is 0 Å². The molecule has 0 atom stereocenters. The monoisotopic (exact) mass is 612 g/mol. The second-order valence-electron chi connectivity index (χ2n) is 12.3. The molecule has 0 aliphatic rings. The molecule has 0 radical (unpaired) electrons. The quantitative estimate of drug-likeness (QED) is 0.198. The average Bonchev–Trinajstić information content (AvgIpc) is 3.71. The van der Waals surface area contributed by atoms with Gasteiger partial charge in [-0.25, -0.2) is 4.98 Å². The Kier molecular flexibility index (Phi) is 5.87. The first kappa shape index (κ1) is 26.7. The first-order valence-corrected chi connectivity index (χ1v) is 16.3. The zero-order valence-corrected chi connectivity index (χ0v) is 26.0. The largest absolute Gasteiger partial charge is 0.454 e. The summed E-state index contributed by atoms with van der Waals surface area (Å²) in [5.41, 5.74) is 12.7. The second-order valence-corrected chi connectivity index (χ2v) is 12.3. The van der Waals surface area contributed by atoms with Crippen LogP contribution >= 0.6 is 0 Å². The van der Waals surface area contributed by atoms with Crippen molar-refractivity contribution in [3.63, 3.8) is 0 Å². The smallest absolute Gasteiger partial charge is 0.159 e. The van der Waals surface area contributed by atoms with Gasteiger partial charge in [-0.15, -0.1) is 0 Å². The molecule has 0 amide bonds. The molecule has 3 heterocycles. The van der Waals surface area contributed by atoms with Crippen LogP contribution in [0.15, 0.2) is 174 Å². The lowest BCUT2D eigenvalue weighted by Crippen LogP contribution is -1.94. The zero-order valence-electron chi connectivity index (χ0n) is 26.0. The summed E-state index contributed by atoms with van der Waals surface area (Å²) in [6.45, 7) is 0. The molecule has 0 aliphatic heterocycles. The van der Waals surface area contributed by atoms with E-state index in [1.54, 1.807) is 0 Å². The van der Waals surface area contributed by atoms with Gasteiger partial charge in [0, 0.05) is 32.5 Å². The molecule has 224 valence electrons. The molecule has 0 fully saturated rings. The number of fused-ring (bicyclic) bond motifs is 7. The molecule has 0 saturated carbocycles. The van der Waals surface area contributed by atoms with Gasteiger partial charge in [0.2, 0.25) is 0 Å². The Morgan fingerprint density at radius 3 is 1.98 bits per heavy atom. The molecular weight excluding hydrogens is 585 g/mol. The molecule has 0 saturated heterocycles. The number of aromatic nitrogens is 2. The van der Waals surface area contributed by atoms with Gasteiger partial charge in [-0.05, 0) is 58.7 Å². The van der Waals surface area contributed by atoms with Crippen molar-refractivity contribution in [2.75, 3.05) is 0 Å². The Bertz CT molecular complexity index is 2830. The number of pyridine rings is 1. The van der Waals surface area contributed by atoms with Crippen LogP contribution < -0.4 is 0 Å². The van der Waals surface area contributed by atoms with Gasteiger partial charge in [0.1, 0.15) is 5.58 Å². The summed E-state index contributed by atoms with van der Waals surface area (Å²) in [6.07, 6.45) is 0. The van der Waals surface area contributed by atoms with E-state index in [-0.39, 0.29) is 0 Å². The van der Waals surface area contributed by atoms with Crippen molar-refractivity contribution < 1.29 is 4.42 Å². The summed E-state index contributed by atoms with van der Waals surface area (Å²) in [4.78, 5) is 5.07. The van der Waals surface area contributed by atoms with Gasteiger partial charge in [-0.1, -0.05) is 133 Å². The van der Waals surface area contributed by atoms with Crippen LogP contribution in [0, 0.1) is 0 Å². The van der Waals surface area contributed by atoms with Crippen LogP contribution in [0.25, 0.3) is 93.8 Å². The van der Waals surface area contributed by atoms with E-state index in [1.807, 2.05) is 6.07 Å². The molecule has 7 aromatic carbocycles. The third-order valence-electron chi connectivity index (χ3n) is 9.60. The minimum atomic E-state index is 0.864. The van der Waals surface area contributed by atoms with Crippen molar-refractivity contribution in [3.8, 4) is 39.2 Å². The number of rotatable bonds is 4. The third-order valence-corrected chi connectivity index (χ3v) is 9.60. The number of hydrogen-bond acceptors (Lipinski definition) is 2. The third kappa shape index (κ3) is 4.04. The van der Waals surface area contributed by atoms with E-state index in [0.29, 0.717) is 0 Å². The van der Waals surface area contributed by atoms with E-state index in [1.165, 1.54) is 21.9 Å². The summed E-state index contributed by atoms with van der Waals surface area (Å²) < 4.78 is 9.24. The van der Waals surface area contributed by atoms with E-state index in [9.17, 15) is 0 Å². The normalized spacial score (nSPS) is 11.8. The number of nitrogens with zero attached hydrogens (tertiary/aromatic N) is 2. The molecular formula is C45H28N2O. The Labute approximate surface area is 277 Å². The molecule has 0 N–H and O–H groups in total. The Hall–Kier alpha value is -6.45. The lowest BCUT2D eigenvalue weighted by molar-refractivity contribution is 0.666. The van der Waals surface area contributed by atoms with Crippen molar-refractivity contribution >= 4 is 54.6 Å². The van der Waals surface area contributed by atoms with Crippen LogP contribution in [-0.4, -0.2) is 9.55 Å². The molecule has 3 heteroatoms. The minimum absolute atomic E-state index is 0.864. The van der Waals surface area contributed by atoms with Crippen molar-refractivity contribution in [2.45, 2.75) is 0 Å². The summed E-state index contributed by atoms with van der Waals surface area (Å²) in [5, 5.41) is 5.75. The number of furan rings is 1. The maximum absolute atomic E-state index is 6.87. The summed E-state index contributed by atoms with van der Waals surface area (Å²) in [7, 11) is 0. The lowest BCUT2D eigenvalue weighted by atomic mass is 9.94. The highest BCUT2D eigenvalue weighted by molar-refractivity contribution is 6.18. The predicted octanol–water partition coefficient (Wildman–Crippen LogP) is 12.2. The van der Waals surface area contributed by atoms with E-state index in [2.05, 4.69) is 168 Å². The molecule has 10 rings (SSSR count). The van der Waals surface area contributed by atoms with E-state index in [4.69, 9.17) is 9.40 Å². The predicted molar refractivity (Wildman–Crippen MR) is 200 cm³/mol. The molecule has 48 heavy (non-hydrogen) atoms. The first-order chi connectivity index (χ1) is 23.8. The van der Waals surface area contributed by atoms with E-state index >= 15 is 0 Å². The first-order valence-electron chi connectivity index (χ1n) is 16.3. The van der Waals surface area contributed by atoms with Gasteiger partial charge in [0.05, 0.1) is 27.9 Å². The van der Waals surface area contributed by atoms with E-state index in [0.717, 1.165) is 71.9 Å². The fourth-order valence-electron chi connectivity index (χ4n) is 7.43. The number of para-hydroxylation sites is 3. The fourth-order valence-corrected chi connectivity index (χ4v) is 7.43. The Morgan fingerprint density at radius 2 is 1.12 bits per heavy atom. The van der Waals surface area contributed by atoms with Crippen LogP contribution in [0.3, 0.4) is 0 Å². The summed E-state index contributed by atoms with van der Waals surface area (Å²) in [6, 6.07) is 60.0. The van der Waals surface area contributed by atoms with Gasteiger partial charge in [0.25, 0.3) is 0 Å². The molecule has 0 bridgehead atoms. The zero-order chi connectivity index (χ0) is 31.6. The van der Waals surface area contributed by atoms with Crippen molar-refractivity contribution in [2.24, 2.45) is 0 Å². The van der Waals surface area contributed by atoms with Crippen LogP contribution in [0.2, 0.25) is 0 Å². The Morgan fingerprint density at radius 1 is 0.438 bits per heavy atom. The molecule has 3 nitrogen and oxygen atoms in total. The topological polar surface area (TPSA) is 31.0 Å². The molecule has 0 aliphatic carbocycles. The average molecular weight is 613 g/mol. The minimum Gasteiger partial charge on any atom is -0.454 e. The van der Waals surface area contributed by atoms with Gasteiger partial charge in [-0.3, -0.25) is 0 Å². The van der Waals surface area contributed by atoms with Crippen molar-refractivity contribution in [1.29, 1.82) is 0 Å². The highest BCUT2D eigenvalue weighted by Gasteiger charge is 2.21. The molecule has 3 aromatic heterocycles. The van der Waals surface area contributed by atoms with Gasteiger partial charge in [0.15, 0.2) is 5.58 Å². The van der Waals surface area contributed by atoms with Crippen LogP contribution in [0.1, 0.15) is 0 Å². The van der Waals surface area contributed by atoms with Crippen LogP contribution in [-0.2, 0) is 0 Å². The highest BCUT2D eigenvalue weighted by atomic mass is 16.3. The number of benzene rings is 7. The second kappa shape index (κ2) is 10.5.